The van der Waals surface area contributed by atoms with Gasteiger partial charge in [0.1, 0.15) is 5.84 Å². The first-order valence-corrected chi connectivity index (χ1v) is 5.42. The van der Waals surface area contributed by atoms with Crippen molar-refractivity contribution in [3.63, 3.8) is 0 Å². The number of hydrogen-bond acceptors (Lipinski definition) is 4. The number of amidine groups is 1. The van der Waals surface area contributed by atoms with Crippen LogP contribution < -0.4 is 5.48 Å². The molecule has 0 unspecified atom stereocenters. The van der Waals surface area contributed by atoms with Crippen molar-refractivity contribution in [2.75, 3.05) is 27.2 Å². The number of nitrogens with zero attached hydrogens (tertiary/aromatic N) is 2. The summed E-state index contributed by atoms with van der Waals surface area (Å²) in [7, 11) is 3.70. The van der Waals surface area contributed by atoms with Gasteiger partial charge in [0.25, 0.3) is 0 Å². The van der Waals surface area contributed by atoms with E-state index in [0.29, 0.717) is 6.54 Å². The molecule has 0 atom stereocenters. The second-order valence-electron chi connectivity index (χ2n) is 3.81. The summed E-state index contributed by atoms with van der Waals surface area (Å²) in [4.78, 5) is 11.6. The van der Waals surface area contributed by atoms with E-state index in [9.17, 15) is 0 Å². The highest BCUT2D eigenvalue weighted by atomic mass is 16.6. The van der Waals surface area contributed by atoms with Crippen LogP contribution in [0.1, 0.15) is 11.1 Å². The van der Waals surface area contributed by atoms with Crippen LogP contribution in [0.3, 0.4) is 0 Å². The highest BCUT2D eigenvalue weighted by molar-refractivity contribution is 6.00. The third-order valence-corrected chi connectivity index (χ3v) is 2.72. The summed E-state index contributed by atoms with van der Waals surface area (Å²) >= 11 is 0. The Balaban J connectivity index is 2.25. The number of nitrogens with one attached hydrogen (secondary N) is 1. The van der Waals surface area contributed by atoms with Crippen molar-refractivity contribution in [2.24, 2.45) is 4.99 Å². The third-order valence-electron chi connectivity index (χ3n) is 2.72. The van der Waals surface area contributed by atoms with Crippen LogP contribution in [-0.4, -0.2) is 38.0 Å². The first-order chi connectivity index (χ1) is 7.83. The van der Waals surface area contributed by atoms with Crippen molar-refractivity contribution in [3.8, 4) is 0 Å². The Morgan fingerprint density at radius 2 is 2.25 bits per heavy atom. The molecule has 0 fully saturated rings. The molecule has 4 heteroatoms. The zero-order valence-electron chi connectivity index (χ0n) is 9.73. The molecule has 2 rings (SSSR count). The maximum atomic E-state index is 4.89. The fourth-order valence-corrected chi connectivity index (χ4v) is 1.87. The van der Waals surface area contributed by atoms with Crippen molar-refractivity contribution in [1.82, 2.24) is 10.4 Å². The van der Waals surface area contributed by atoms with Crippen LogP contribution in [0.25, 0.3) is 0 Å². The highest BCUT2D eigenvalue weighted by Crippen LogP contribution is 2.14. The van der Waals surface area contributed by atoms with Crippen molar-refractivity contribution in [3.05, 3.63) is 35.4 Å². The minimum Gasteiger partial charge on any atom is -0.358 e. The van der Waals surface area contributed by atoms with E-state index in [1.54, 1.807) is 7.11 Å². The summed E-state index contributed by atoms with van der Waals surface area (Å²) in [6.07, 6.45) is 0. The van der Waals surface area contributed by atoms with Crippen molar-refractivity contribution >= 4 is 5.84 Å². The molecule has 1 aliphatic rings. The molecule has 4 nitrogen and oxygen atoms in total. The summed E-state index contributed by atoms with van der Waals surface area (Å²) in [5.74, 6) is 1.08. The van der Waals surface area contributed by atoms with E-state index < -0.39 is 0 Å². The van der Waals surface area contributed by atoms with Crippen LogP contribution in [0.2, 0.25) is 0 Å². The third kappa shape index (κ3) is 2.23. The Morgan fingerprint density at radius 1 is 1.44 bits per heavy atom. The first-order valence-electron chi connectivity index (χ1n) is 5.42. The van der Waals surface area contributed by atoms with Gasteiger partial charge in [-0.3, -0.25) is 4.99 Å². The molecule has 0 saturated carbocycles. The first kappa shape index (κ1) is 11.1. The van der Waals surface area contributed by atoms with E-state index in [0.717, 1.165) is 18.9 Å². The Kier molecular flexibility index (Phi) is 3.54. The highest BCUT2D eigenvalue weighted by Gasteiger charge is 2.16. The monoisotopic (exact) mass is 219 g/mol. The van der Waals surface area contributed by atoms with Gasteiger partial charge in [-0.2, -0.15) is 5.48 Å². The molecule has 1 N–H and O–H groups in total. The Bertz CT molecular complexity index is 390. The van der Waals surface area contributed by atoms with E-state index in [4.69, 9.17) is 4.84 Å². The van der Waals surface area contributed by atoms with E-state index in [2.05, 4.69) is 34.6 Å². The summed E-state index contributed by atoms with van der Waals surface area (Å²) in [6.45, 7) is 2.58. The van der Waals surface area contributed by atoms with Gasteiger partial charge in [-0.15, -0.1) is 0 Å². The minimum absolute atomic E-state index is 0.694. The van der Waals surface area contributed by atoms with E-state index in [-0.39, 0.29) is 0 Å². The van der Waals surface area contributed by atoms with Gasteiger partial charge < -0.3 is 9.74 Å². The van der Waals surface area contributed by atoms with Gasteiger partial charge >= 0.3 is 0 Å². The number of likely N-dealkylation sites (N-methyl/N-ethyl adjacent to an activating group) is 1. The lowest BCUT2D eigenvalue weighted by atomic mass is 10.1. The van der Waals surface area contributed by atoms with Crippen molar-refractivity contribution < 1.29 is 4.84 Å². The molecule has 16 heavy (non-hydrogen) atoms. The van der Waals surface area contributed by atoms with Crippen LogP contribution in [0.4, 0.5) is 0 Å². The summed E-state index contributed by atoms with van der Waals surface area (Å²) in [5.41, 5.74) is 5.26. The molecular formula is C12H17N3O. The van der Waals surface area contributed by atoms with Crippen LogP contribution in [0.5, 0.6) is 0 Å². The van der Waals surface area contributed by atoms with Gasteiger partial charge in [0.05, 0.1) is 13.7 Å². The lowest BCUT2D eigenvalue weighted by molar-refractivity contribution is 0.0867. The van der Waals surface area contributed by atoms with Gasteiger partial charge in [0.2, 0.25) is 0 Å². The summed E-state index contributed by atoms with van der Waals surface area (Å²) in [5, 5.41) is 0. The molecule has 1 aliphatic heterocycles. The topological polar surface area (TPSA) is 36.9 Å². The minimum atomic E-state index is 0.694. The number of rotatable bonds is 4. The average Bonchev–Trinajstić information content (AvgIpc) is 2.73. The van der Waals surface area contributed by atoms with Gasteiger partial charge in [-0.05, 0) is 5.56 Å². The maximum absolute atomic E-state index is 4.89. The normalized spacial score (nSPS) is 15.4. The second-order valence-corrected chi connectivity index (χ2v) is 3.81. The zero-order chi connectivity index (χ0) is 11.4. The van der Waals surface area contributed by atoms with Crippen LogP contribution >= 0.6 is 0 Å². The molecule has 1 aromatic carbocycles. The van der Waals surface area contributed by atoms with Crippen LogP contribution in [0.15, 0.2) is 29.3 Å². The lowest BCUT2D eigenvalue weighted by Gasteiger charge is -2.16. The van der Waals surface area contributed by atoms with Crippen LogP contribution in [0, 0.1) is 0 Å². The maximum Gasteiger partial charge on any atom is 0.131 e. The molecule has 0 aromatic heterocycles. The van der Waals surface area contributed by atoms with E-state index >= 15 is 0 Å². The second kappa shape index (κ2) is 5.09. The average molecular weight is 219 g/mol. The van der Waals surface area contributed by atoms with E-state index in [1.807, 2.05) is 12.1 Å². The molecule has 0 aliphatic carbocycles. The number of aliphatic imine (C=N–C) groups is 1. The Hall–Kier alpha value is -1.39. The quantitative estimate of drug-likeness (QED) is 0.768. The standard InChI is InChI=1S/C12H17N3O/c1-15-8-7-13-12(15)11-6-4-3-5-10(11)9-14-16-2/h3-6,14H,7-9H2,1-2H3. The predicted molar refractivity (Wildman–Crippen MR) is 64.3 cm³/mol. The van der Waals surface area contributed by atoms with E-state index in [1.165, 1.54) is 11.1 Å². The lowest BCUT2D eigenvalue weighted by Crippen LogP contribution is -2.25. The smallest absolute Gasteiger partial charge is 0.131 e. The fourth-order valence-electron chi connectivity index (χ4n) is 1.87. The Labute approximate surface area is 95.9 Å². The van der Waals surface area contributed by atoms with Crippen molar-refractivity contribution in [1.29, 1.82) is 0 Å². The molecule has 0 saturated heterocycles. The predicted octanol–water partition coefficient (Wildman–Crippen LogP) is 1.03. The summed E-state index contributed by atoms with van der Waals surface area (Å²) < 4.78 is 0. The molecule has 86 valence electrons. The van der Waals surface area contributed by atoms with Gasteiger partial charge in [-0.25, -0.2) is 0 Å². The van der Waals surface area contributed by atoms with Crippen LogP contribution in [-0.2, 0) is 11.4 Å². The molecule has 0 amide bonds. The Morgan fingerprint density at radius 3 is 2.94 bits per heavy atom. The molecule has 1 aromatic rings. The van der Waals surface area contributed by atoms with Gasteiger partial charge in [0.15, 0.2) is 0 Å². The number of benzene rings is 1. The molecule has 0 bridgehead atoms. The number of hydroxylamine groups is 1. The molecule has 1 heterocycles. The van der Waals surface area contributed by atoms with Crippen molar-refractivity contribution in [2.45, 2.75) is 6.54 Å². The largest absolute Gasteiger partial charge is 0.358 e. The summed E-state index contributed by atoms with van der Waals surface area (Å²) in [6, 6.07) is 8.27. The van der Waals surface area contributed by atoms with Gasteiger partial charge in [0, 0.05) is 25.7 Å². The molecular weight excluding hydrogens is 202 g/mol. The fraction of sp³-hybridized carbons (Fsp3) is 0.417. The zero-order valence-corrected chi connectivity index (χ0v) is 9.73. The molecule has 0 spiro atoms. The molecule has 0 radical (unpaired) electrons. The SMILES string of the molecule is CONCc1ccccc1C1=NCCN1C. The number of hydrogen-bond donors (Lipinski definition) is 1. The van der Waals surface area contributed by atoms with Gasteiger partial charge in [-0.1, -0.05) is 24.3 Å².